The third kappa shape index (κ3) is 3.51. The van der Waals surface area contributed by atoms with Crippen molar-refractivity contribution in [1.29, 1.82) is 0 Å². The molecule has 0 aliphatic rings. The van der Waals surface area contributed by atoms with Crippen LogP contribution in [0.4, 0.5) is 0 Å². The van der Waals surface area contributed by atoms with E-state index in [9.17, 15) is 0 Å². The monoisotopic (exact) mass is 242 g/mol. The third-order valence-corrected chi connectivity index (χ3v) is 3.16. The van der Waals surface area contributed by atoms with Crippen LogP contribution in [0, 0.1) is 13.8 Å². The van der Waals surface area contributed by atoms with Gasteiger partial charge in [0.25, 0.3) is 0 Å². The van der Waals surface area contributed by atoms with E-state index in [0.29, 0.717) is 0 Å². The van der Waals surface area contributed by atoms with Crippen molar-refractivity contribution in [3.8, 4) is 0 Å². The van der Waals surface area contributed by atoms with Crippen LogP contribution in [0.1, 0.15) is 37.5 Å². The van der Waals surface area contributed by atoms with E-state index in [4.69, 9.17) is 0 Å². The lowest BCUT2D eigenvalue weighted by Crippen LogP contribution is -1.86. The molecule has 0 saturated heterocycles. The Kier molecular flexibility index (Phi) is 6.06. The van der Waals surface area contributed by atoms with Gasteiger partial charge in [0, 0.05) is 4.47 Å². The van der Waals surface area contributed by atoms with E-state index in [-0.39, 0.29) is 0 Å². The van der Waals surface area contributed by atoms with Gasteiger partial charge in [0.15, 0.2) is 0 Å². The summed E-state index contributed by atoms with van der Waals surface area (Å²) < 4.78 is 1.25. The molecule has 0 nitrogen and oxygen atoms in total. The van der Waals surface area contributed by atoms with E-state index in [0.717, 1.165) is 6.42 Å². The number of benzene rings is 1. The lowest BCUT2D eigenvalue weighted by atomic mass is 10.1. The molecular formula is C12H19Br. The van der Waals surface area contributed by atoms with Crippen molar-refractivity contribution in [2.24, 2.45) is 0 Å². The Balaban J connectivity index is 0.000000671. The summed E-state index contributed by atoms with van der Waals surface area (Å²) in [4.78, 5) is 0. The lowest BCUT2D eigenvalue weighted by Gasteiger charge is -2.05. The Morgan fingerprint density at radius 2 is 1.46 bits per heavy atom. The van der Waals surface area contributed by atoms with Gasteiger partial charge in [0.1, 0.15) is 0 Å². The van der Waals surface area contributed by atoms with Crippen molar-refractivity contribution in [1.82, 2.24) is 0 Å². The number of rotatable bonds is 1. The molecule has 1 aromatic carbocycles. The highest BCUT2D eigenvalue weighted by molar-refractivity contribution is 9.10. The van der Waals surface area contributed by atoms with E-state index in [1.807, 2.05) is 13.8 Å². The first-order valence-electron chi connectivity index (χ1n) is 4.90. The van der Waals surface area contributed by atoms with Crippen LogP contribution in [0.25, 0.3) is 0 Å². The fraction of sp³-hybridized carbons (Fsp3) is 0.500. The van der Waals surface area contributed by atoms with Crippen LogP contribution in [0.2, 0.25) is 0 Å². The third-order valence-electron chi connectivity index (χ3n) is 1.90. The van der Waals surface area contributed by atoms with Gasteiger partial charge in [-0.15, -0.1) is 0 Å². The average Bonchev–Trinajstić information content (AvgIpc) is 2.16. The predicted octanol–water partition coefficient (Wildman–Crippen LogP) is 4.65. The van der Waals surface area contributed by atoms with Crippen molar-refractivity contribution in [2.75, 3.05) is 0 Å². The molecule has 13 heavy (non-hydrogen) atoms. The fourth-order valence-electron chi connectivity index (χ4n) is 1.24. The van der Waals surface area contributed by atoms with Crippen LogP contribution in [0.5, 0.6) is 0 Å². The Bertz CT molecular complexity index is 241. The van der Waals surface area contributed by atoms with Gasteiger partial charge in [-0.05, 0) is 37.0 Å². The molecule has 0 spiro atoms. The zero-order chi connectivity index (χ0) is 10.4. The Morgan fingerprint density at radius 1 is 1.08 bits per heavy atom. The van der Waals surface area contributed by atoms with E-state index in [2.05, 4.69) is 48.8 Å². The number of hydrogen-bond donors (Lipinski definition) is 0. The molecule has 0 amide bonds. The fourth-order valence-corrected chi connectivity index (χ4v) is 1.47. The molecular weight excluding hydrogens is 224 g/mol. The zero-order valence-corrected chi connectivity index (χ0v) is 10.8. The minimum absolute atomic E-state index is 1.12. The van der Waals surface area contributed by atoms with Gasteiger partial charge in [0.2, 0.25) is 0 Å². The van der Waals surface area contributed by atoms with E-state index in [1.165, 1.54) is 21.2 Å². The van der Waals surface area contributed by atoms with Gasteiger partial charge in [0.05, 0.1) is 0 Å². The first kappa shape index (κ1) is 12.7. The minimum atomic E-state index is 1.12. The second-order valence-corrected chi connectivity index (χ2v) is 3.69. The molecule has 1 rings (SSSR count). The van der Waals surface area contributed by atoms with Gasteiger partial charge in [-0.2, -0.15) is 0 Å². The van der Waals surface area contributed by atoms with E-state index >= 15 is 0 Å². The molecule has 0 bridgehead atoms. The average molecular weight is 243 g/mol. The maximum atomic E-state index is 3.54. The maximum absolute atomic E-state index is 3.54. The summed E-state index contributed by atoms with van der Waals surface area (Å²) in [5.41, 5.74) is 4.09. The number of aryl methyl sites for hydroxylation is 3. The van der Waals surface area contributed by atoms with Gasteiger partial charge in [-0.25, -0.2) is 0 Å². The molecule has 0 radical (unpaired) electrons. The highest BCUT2D eigenvalue weighted by Gasteiger charge is 1.99. The first-order chi connectivity index (χ1) is 6.15. The molecule has 0 atom stereocenters. The molecule has 1 heteroatoms. The van der Waals surface area contributed by atoms with E-state index in [1.54, 1.807) is 0 Å². The Hall–Kier alpha value is -0.300. The minimum Gasteiger partial charge on any atom is -0.0683 e. The van der Waals surface area contributed by atoms with Crippen LogP contribution in [0.3, 0.4) is 0 Å². The van der Waals surface area contributed by atoms with Crippen molar-refractivity contribution >= 4 is 15.9 Å². The predicted molar refractivity (Wildman–Crippen MR) is 64.3 cm³/mol. The summed E-state index contributed by atoms with van der Waals surface area (Å²) in [6.45, 7) is 10.5. The van der Waals surface area contributed by atoms with Crippen LogP contribution >= 0.6 is 15.9 Å². The molecule has 0 N–H and O–H groups in total. The summed E-state index contributed by atoms with van der Waals surface area (Å²) in [6, 6.07) is 4.47. The Labute approximate surface area is 90.5 Å². The smallest absolute Gasteiger partial charge is 0.0233 e. The first-order valence-corrected chi connectivity index (χ1v) is 5.70. The van der Waals surface area contributed by atoms with Crippen LogP contribution < -0.4 is 0 Å². The van der Waals surface area contributed by atoms with Gasteiger partial charge < -0.3 is 0 Å². The molecule has 1 aromatic rings. The highest BCUT2D eigenvalue weighted by atomic mass is 79.9. The second-order valence-electron chi connectivity index (χ2n) is 2.90. The Morgan fingerprint density at radius 3 is 1.77 bits per heavy atom. The van der Waals surface area contributed by atoms with Crippen molar-refractivity contribution in [2.45, 2.75) is 41.0 Å². The quantitative estimate of drug-likeness (QED) is 0.673. The normalized spacial score (nSPS) is 9.08. The topological polar surface area (TPSA) is 0 Å². The highest BCUT2D eigenvalue weighted by Crippen LogP contribution is 2.22. The van der Waals surface area contributed by atoms with Crippen molar-refractivity contribution in [3.63, 3.8) is 0 Å². The summed E-state index contributed by atoms with van der Waals surface area (Å²) >= 11 is 3.54. The SMILES string of the molecule is CC.CCc1cc(C)c(Br)c(C)c1. The molecule has 0 aliphatic carbocycles. The summed E-state index contributed by atoms with van der Waals surface area (Å²) in [5, 5.41) is 0. The van der Waals surface area contributed by atoms with Gasteiger partial charge in [-0.3, -0.25) is 0 Å². The second kappa shape index (κ2) is 6.20. The summed E-state index contributed by atoms with van der Waals surface area (Å²) in [5.74, 6) is 0. The summed E-state index contributed by atoms with van der Waals surface area (Å²) in [6.07, 6.45) is 1.12. The van der Waals surface area contributed by atoms with Gasteiger partial charge in [-0.1, -0.05) is 48.8 Å². The van der Waals surface area contributed by atoms with Crippen LogP contribution in [0.15, 0.2) is 16.6 Å². The standard InChI is InChI=1S/C10H13Br.C2H6/c1-4-9-5-7(2)10(11)8(3)6-9;1-2/h5-6H,4H2,1-3H3;1-2H3. The maximum Gasteiger partial charge on any atom is 0.0233 e. The van der Waals surface area contributed by atoms with Crippen LogP contribution in [-0.4, -0.2) is 0 Å². The zero-order valence-electron chi connectivity index (χ0n) is 9.24. The van der Waals surface area contributed by atoms with E-state index < -0.39 is 0 Å². The molecule has 0 saturated carbocycles. The number of hydrogen-bond acceptors (Lipinski definition) is 0. The van der Waals surface area contributed by atoms with Crippen LogP contribution in [-0.2, 0) is 6.42 Å². The molecule has 0 aliphatic heterocycles. The van der Waals surface area contributed by atoms with Crippen molar-refractivity contribution < 1.29 is 0 Å². The largest absolute Gasteiger partial charge is 0.0683 e. The summed E-state index contributed by atoms with van der Waals surface area (Å²) in [7, 11) is 0. The van der Waals surface area contributed by atoms with Crippen molar-refractivity contribution in [3.05, 3.63) is 33.3 Å². The van der Waals surface area contributed by atoms with Gasteiger partial charge >= 0.3 is 0 Å². The lowest BCUT2D eigenvalue weighted by molar-refractivity contribution is 1.12. The molecule has 0 aromatic heterocycles. The molecule has 0 heterocycles. The number of halogens is 1. The molecule has 0 fully saturated rings. The molecule has 74 valence electrons. The molecule has 0 unspecified atom stereocenters.